The van der Waals surface area contributed by atoms with Gasteiger partial charge >= 0.3 is 5.91 Å². The van der Waals surface area contributed by atoms with Crippen LogP contribution in [0.3, 0.4) is 0 Å². The van der Waals surface area contributed by atoms with Gasteiger partial charge in [-0.25, -0.2) is 4.98 Å². The van der Waals surface area contributed by atoms with Gasteiger partial charge in [-0.2, -0.15) is 0 Å². The fourth-order valence-corrected chi connectivity index (χ4v) is 2.50. The molecule has 1 aliphatic rings. The van der Waals surface area contributed by atoms with Gasteiger partial charge in [0.1, 0.15) is 6.26 Å². The Morgan fingerprint density at radius 3 is 2.60 bits per heavy atom. The van der Waals surface area contributed by atoms with E-state index < -0.39 is 0 Å². The Hall–Kier alpha value is -1.36. The lowest BCUT2D eigenvalue weighted by Gasteiger charge is -2.20. The normalized spacial score (nSPS) is 23.8. The van der Waals surface area contributed by atoms with Crippen LogP contribution in [0.4, 0.5) is 0 Å². The van der Waals surface area contributed by atoms with Gasteiger partial charge in [0.2, 0.25) is 0 Å². The van der Waals surface area contributed by atoms with E-state index in [1.165, 1.54) is 0 Å². The van der Waals surface area contributed by atoms with Gasteiger partial charge in [0.05, 0.1) is 5.69 Å². The minimum atomic E-state index is -0.209. The first kappa shape index (κ1) is 15.0. The van der Waals surface area contributed by atoms with Gasteiger partial charge in [0, 0.05) is 25.2 Å². The molecule has 0 aromatic carbocycles. The molecule has 112 valence electrons. The minimum absolute atomic E-state index is 0.166. The zero-order chi connectivity index (χ0) is 14.9. The van der Waals surface area contributed by atoms with E-state index in [4.69, 9.17) is 4.42 Å². The molecule has 2 heterocycles. The van der Waals surface area contributed by atoms with Gasteiger partial charge in [-0.1, -0.05) is 20.8 Å². The molecule has 1 fully saturated rings. The Morgan fingerprint density at radius 2 is 2.10 bits per heavy atom. The molecule has 1 aromatic heterocycles. The standard InChI is InChI=1S/C15H25N3O2/c1-9(2)13-8-20-15(17-13)14(19)16-12-7-18(10(3)4)6-11(12)5/h8-12H,6-7H2,1-5H3,(H,16,19). The molecular weight excluding hydrogens is 254 g/mol. The van der Waals surface area contributed by atoms with Crippen molar-refractivity contribution in [3.05, 3.63) is 17.8 Å². The Morgan fingerprint density at radius 1 is 1.40 bits per heavy atom. The molecule has 1 saturated heterocycles. The molecule has 1 amide bonds. The number of likely N-dealkylation sites (tertiary alicyclic amines) is 1. The topological polar surface area (TPSA) is 58.4 Å². The predicted molar refractivity (Wildman–Crippen MR) is 77.7 cm³/mol. The molecule has 20 heavy (non-hydrogen) atoms. The molecule has 5 heteroatoms. The number of amides is 1. The van der Waals surface area contributed by atoms with Crippen molar-refractivity contribution < 1.29 is 9.21 Å². The summed E-state index contributed by atoms with van der Waals surface area (Å²) in [6, 6.07) is 0.674. The average Bonchev–Trinajstić information content (AvgIpc) is 2.97. The molecule has 1 aromatic rings. The van der Waals surface area contributed by atoms with Crippen molar-refractivity contribution in [2.75, 3.05) is 13.1 Å². The SMILES string of the molecule is CC(C)c1coc(C(=O)NC2CN(C(C)C)CC2C)n1. The van der Waals surface area contributed by atoms with Crippen molar-refractivity contribution >= 4 is 5.91 Å². The summed E-state index contributed by atoms with van der Waals surface area (Å²) in [7, 11) is 0. The fourth-order valence-electron chi connectivity index (χ4n) is 2.50. The van der Waals surface area contributed by atoms with E-state index >= 15 is 0 Å². The zero-order valence-corrected chi connectivity index (χ0v) is 13.0. The fraction of sp³-hybridized carbons (Fsp3) is 0.733. The van der Waals surface area contributed by atoms with Gasteiger partial charge in [0.25, 0.3) is 5.89 Å². The van der Waals surface area contributed by atoms with Crippen LogP contribution in [-0.4, -0.2) is 41.0 Å². The summed E-state index contributed by atoms with van der Waals surface area (Å²) < 4.78 is 5.27. The lowest BCUT2D eigenvalue weighted by Crippen LogP contribution is -2.40. The molecule has 2 atom stereocenters. The number of nitrogens with zero attached hydrogens (tertiary/aromatic N) is 2. The Balaban J connectivity index is 1.97. The Kier molecular flexibility index (Phi) is 4.48. The summed E-state index contributed by atoms with van der Waals surface area (Å²) in [5.41, 5.74) is 0.818. The van der Waals surface area contributed by atoms with E-state index in [-0.39, 0.29) is 23.8 Å². The highest BCUT2D eigenvalue weighted by Gasteiger charge is 2.32. The second-order valence-electron chi connectivity index (χ2n) is 6.34. The number of hydrogen-bond acceptors (Lipinski definition) is 4. The molecule has 5 nitrogen and oxygen atoms in total. The maximum absolute atomic E-state index is 12.2. The number of carbonyl (C=O) groups is 1. The van der Waals surface area contributed by atoms with Crippen molar-refractivity contribution in [3.8, 4) is 0 Å². The second-order valence-corrected chi connectivity index (χ2v) is 6.34. The predicted octanol–water partition coefficient (Wildman–Crippen LogP) is 2.26. The number of carbonyl (C=O) groups excluding carboxylic acids is 1. The lowest BCUT2D eigenvalue weighted by molar-refractivity contribution is 0.0895. The van der Waals surface area contributed by atoms with E-state index in [2.05, 4.69) is 36.0 Å². The van der Waals surface area contributed by atoms with Crippen LogP contribution in [0.1, 0.15) is 56.9 Å². The van der Waals surface area contributed by atoms with E-state index in [9.17, 15) is 4.79 Å². The molecule has 2 rings (SSSR count). The van der Waals surface area contributed by atoms with Crippen LogP contribution < -0.4 is 5.32 Å². The number of oxazole rings is 1. The molecule has 0 spiro atoms. The molecule has 1 N–H and O–H groups in total. The summed E-state index contributed by atoms with van der Waals surface area (Å²) in [4.78, 5) is 18.8. The highest BCUT2D eigenvalue weighted by molar-refractivity contribution is 5.89. The molecule has 1 aliphatic heterocycles. The average molecular weight is 279 g/mol. The largest absolute Gasteiger partial charge is 0.441 e. The maximum atomic E-state index is 12.2. The van der Waals surface area contributed by atoms with E-state index in [1.807, 2.05) is 13.8 Å². The number of nitrogens with one attached hydrogen (secondary N) is 1. The summed E-state index contributed by atoms with van der Waals surface area (Å²) in [5.74, 6) is 0.672. The summed E-state index contributed by atoms with van der Waals surface area (Å²) >= 11 is 0. The molecule has 2 unspecified atom stereocenters. The van der Waals surface area contributed by atoms with Crippen LogP contribution in [-0.2, 0) is 0 Å². The van der Waals surface area contributed by atoms with Gasteiger partial charge < -0.3 is 9.73 Å². The number of hydrogen-bond donors (Lipinski definition) is 1. The Bertz CT molecular complexity index is 467. The summed E-state index contributed by atoms with van der Waals surface area (Å²) in [5, 5.41) is 3.05. The van der Waals surface area contributed by atoms with Gasteiger partial charge in [-0.3, -0.25) is 9.69 Å². The summed E-state index contributed by atoms with van der Waals surface area (Å²) in [6.45, 7) is 12.5. The van der Waals surface area contributed by atoms with Crippen LogP contribution in [0.15, 0.2) is 10.7 Å². The van der Waals surface area contributed by atoms with Crippen LogP contribution in [0.2, 0.25) is 0 Å². The van der Waals surface area contributed by atoms with Gasteiger partial charge in [0.15, 0.2) is 0 Å². The molecule has 0 saturated carbocycles. The third kappa shape index (κ3) is 3.20. The van der Waals surface area contributed by atoms with Crippen LogP contribution in [0.25, 0.3) is 0 Å². The summed E-state index contributed by atoms with van der Waals surface area (Å²) in [6.07, 6.45) is 1.57. The number of aromatic nitrogens is 1. The van der Waals surface area contributed by atoms with E-state index in [1.54, 1.807) is 6.26 Å². The van der Waals surface area contributed by atoms with Crippen molar-refractivity contribution in [1.29, 1.82) is 0 Å². The van der Waals surface area contributed by atoms with Crippen LogP contribution in [0, 0.1) is 5.92 Å². The van der Waals surface area contributed by atoms with Crippen molar-refractivity contribution in [1.82, 2.24) is 15.2 Å². The smallest absolute Gasteiger partial charge is 0.307 e. The maximum Gasteiger partial charge on any atom is 0.307 e. The van der Waals surface area contributed by atoms with Crippen molar-refractivity contribution in [2.45, 2.75) is 52.6 Å². The van der Waals surface area contributed by atoms with Crippen molar-refractivity contribution in [3.63, 3.8) is 0 Å². The van der Waals surface area contributed by atoms with Gasteiger partial charge in [-0.15, -0.1) is 0 Å². The third-order valence-corrected chi connectivity index (χ3v) is 4.00. The molecular formula is C15H25N3O2. The highest BCUT2D eigenvalue weighted by Crippen LogP contribution is 2.19. The van der Waals surface area contributed by atoms with Crippen LogP contribution in [0.5, 0.6) is 0 Å². The van der Waals surface area contributed by atoms with Crippen molar-refractivity contribution in [2.24, 2.45) is 5.92 Å². The molecule has 0 bridgehead atoms. The first-order valence-electron chi connectivity index (χ1n) is 7.38. The monoisotopic (exact) mass is 279 g/mol. The third-order valence-electron chi connectivity index (χ3n) is 4.00. The Labute approximate surface area is 120 Å². The van der Waals surface area contributed by atoms with E-state index in [0.29, 0.717) is 12.0 Å². The van der Waals surface area contributed by atoms with E-state index in [0.717, 1.165) is 18.8 Å². The minimum Gasteiger partial charge on any atom is -0.441 e. The lowest BCUT2D eigenvalue weighted by atomic mass is 10.1. The highest BCUT2D eigenvalue weighted by atomic mass is 16.4. The first-order chi connectivity index (χ1) is 9.38. The zero-order valence-electron chi connectivity index (χ0n) is 13.0. The van der Waals surface area contributed by atoms with Gasteiger partial charge in [-0.05, 0) is 25.7 Å². The first-order valence-corrected chi connectivity index (χ1v) is 7.38. The molecule has 0 aliphatic carbocycles. The second kappa shape index (κ2) is 5.95. The number of rotatable bonds is 4. The quantitative estimate of drug-likeness (QED) is 0.918. The van der Waals surface area contributed by atoms with Crippen LogP contribution >= 0.6 is 0 Å². The molecule has 0 radical (unpaired) electrons.